The predicted molar refractivity (Wildman–Crippen MR) is 76.0 cm³/mol. The van der Waals surface area contributed by atoms with E-state index in [2.05, 4.69) is 5.32 Å². The van der Waals surface area contributed by atoms with E-state index < -0.39 is 0 Å². The molecule has 0 spiro atoms. The minimum atomic E-state index is -0.0377. The number of rotatable bonds is 7. The van der Waals surface area contributed by atoms with E-state index in [-0.39, 0.29) is 30.3 Å². The quantitative estimate of drug-likeness (QED) is 0.682. The first-order valence-corrected chi connectivity index (χ1v) is 7.89. The molecule has 0 radical (unpaired) electrons. The average Bonchev–Trinajstić information content (AvgIpc) is 3.31. The van der Waals surface area contributed by atoms with Crippen molar-refractivity contribution in [2.45, 2.75) is 44.9 Å². The second-order valence-corrected chi connectivity index (χ2v) is 5.97. The lowest BCUT2D eigenvalue weighted by Crippen LogP contribution is -2.46. The molecule has 1 saturated heterocycles. The Morgan fingerprint density at radius 3 is 2.60 bits per heavy atom. The summed E-state index contributed by atoms with van der Waals surface area (Å²) in [7, 11) is 0. The van der Waals surface area contributed by atoms with E-state index in [1.165, 1.54) is 0 Å². The zero-order valence-electron chi connectivity index (χ0n) is 12.1. The van der Waals surface area contributed by atoms with Crippen LogP contribution in [0.4, 0.5) is 0 Å². The van der Waals surface area contributed by atoms with Gasteiger partial charge in [0.05, 0.1) is 5.92 Å². The summed E-state index contributed by atoms with van der Waals surface area (Å²) in [5, 5.41) is 11.6. The standard InChI is InChI=1S/C15H26N2O3/c18-10-3-1-2-8-16-14(19)13-5-4-9-17(11-13)15(20)12-6-7-12/h12-13,18H,1-11H2,(H,16,19). The Kier molecular flexibility index (Phi) is 5.83. The van der Waals surface area contributed by atoms with Crippen LogP contribution in [0.25, 0.3) is 0 Å². The Morgan fingerprint density at radius 1 is 1.10 bits per heavy atom. The van der Waals surface area contributed by atoms with Crippen molar-refractivity contribution in [2.24, 2.45) is 11.8 Å². The van der Waals surface area contributed by atoms with Crippen LogP contribution >= 0.6 is 0 Å². The number of nitrogens with zero attached hydrogens (tertiary/aromatic N) is 1. The van der Waals surface area contributed by atoms with Crippen LogP contribution in [0.1, 0.15) is 44.9 Å². The number of piperidine rings is 1. The molecule has 5 nitrogen and oxygen atoms in total. The van der Waals surface area contributed by atoms with Gasteiger partial charge in [-0.3, -0.25) is 9.59 Å². The van der Waals surface area contributed by atoms with Crippen LogP contribution in [0.3, 0.4) is 0 Å². The van der Waals surface area contributed by atoms with Gasteiger partial charge in [-0.25, -0.2) is 0 Å². The van der Waals surface area contributed by atoms with Crippen LogP contribution in [-0.4, -0.2) is 48.1 Å². The van der Waals surface area contributed by atoms with Gasteiger partial charge in [0.15, 0.2) is 0 Å². The molecule has 1 unspecified atom stereocenters. The number of hydrogen-bond acceptors (Lipinski definition) is 3. The predicted octanol–water partition coefficient (Wildman–Crippen LogP) is 0.914. The molecular weight excluding hydrogens is 256 g/mol. The number of hydrogen-bond donors (Lipinski definition) is 2. The minimum Gasteiger partial charge on any atom is -0.396 e. The number of aliphatic hydroxyl groups excluding tert-OH is 1. The highest BCUT2D eigenvalue weighted by Crippen LogP contribution is 2.32. The van der Waals surface area contributed by atoms with Crippen molar-refractivity contribution in [3.05, 3.63) is 0 Å². The SMILES string of the molecule is O=C(NCCCCCO)C1CCCN(C(=O)C2CC2)C1. The van der Waals surface area contributed by atoms with E-state index in [4.69, 9.17) is 5.11 Å². The number of unbranched alkanes of at least 4 members (excludes halogenated alkanes) is 2. The molecule has 20 heavy (non-hydrogen) atoms. The van der Waals surface area contributed by atoms with Crippen LogP contribution in [0.2, 0.25) is 0 Å². The number of nitrogens with one attached hydrogen (secondary N) is 1. The zero-order valence-corrected chi connectivity index (χ0v) is 12.1. The van der Waals surface area contributed by atoms with Gasteiger partial charge >= 0.3 is 0 Å². The summed E-state index contributed by atoms with van der Waals surface area (Å²) in [5.41, 5.74) is 0. The maximum atomic E-state index is 12.1. The second-order valence-electron chi connectivity index (χ2n) is 5.97. The molecule has 2 fully saturated rings. The summed E-state index contributed by atoms with van der Waals surface area (Å²) in [4.78, 5) is 26.0. The molecule has 1 aliphatic heterocycles. The number of carbonyl (C=O) groups excluding carboxylic acids is 2. The highest BCUT2D eigenvalue weighted by molar-refractivity contribution is 5.83. The Bertz CT molecular complexity index is 342. The Balaban J connectivity index is 1.68. The number of amides is 2. The van der Waals surface area contributed by atoms with E-state index in [1.807, 2.05) is 4.90 Å². The number of carbonyl (C=O) groups is 2. The summed E-state index contributed by atoms with van der Waals surface area (Å²) < 4.78 is 0. The van der Waals surface area contributed by atoms with Crippen molar-refractivity contribution in [3.63, 3.8) is 0 Å². The third-order valence-corrected chi connectivity index (χ3v) is 4.16. The molecule has 114 valence electrons. The Hall–Kier alpha value is -1.10. The summed E-state index contributed by atoms with van der Waals surface area (Å²) in [5.74, 6) is 0.548. The van der Waals surface area contributed by atoms with Crippen molar-refractivity contribution < 1.29 is 14.7 Å². The van der Waals surface area contributed by atoms with Gasteiger partial charge in [-0.2, -0.15) is 0 Å². The van der Waals surface area contributed by atoms with Crippen LogP contribution < -0.4 is 5.32 Å². The van der Waals surface area contributed by atoms with E-state index in [0.717, 1.165) is 51.5 Å². The first-order chi connectivity index (χ1) is 9.72. The lowest BCUT2D eigenvalue weighted by molar-refractivity contribution is -0.136. The molecule has 1 atom stereocenters. The van der Waals surface area contributed by atoms with Crippen molar-refractivity contribution in [1.29, 1.82) is 0 Å². The molecule has 5 heteroatoms. The molecule has 1 aliphatic carbocycles. The van der Waals surface area contributed by atoms with Gasteiger partial charge in [-0.15, -0.1) is 0 Å². The Morgan fingerprint density at radius 2 is 1.90 bits per heavy atom. The summed E-state index contributed by atoms with van der Waals surface area (Å²) >= 11 is 0. The highest BCUT2D eigenvalue weighted by atomic mass is 16.3. The lowest BCUT2D eigenvalue weighted by Gasteiger charge is -2.32. The van der Waals surface area contributed by atoms with Crippen LogP contribution in [-0.2, 0) is 9.59 Å². The summed E-state index contributed by atoms with van der Waals surface area (Å²) in [6.07, 6.45) is 6.51. The monoisotopic (exact) mass is 282 g/mol. The van der Waals surface area contributed by atoms with E-state index >= 15 is 0 Å². The van der Waals surface area contributed by atoms with Crippen molar-refractivity contribution in [3.8, 4) is 0 Å². The summed E-state index contributed by atoms with van der Waals surface area (Å²) in [6.45, 7) is 2.30. The van der Waals surface area contributed by atoms with Crippen LogP contribution in [0, 0.1) is 11.8 Å². The molecule has 2 aliphatic rings. The Labute approximate surface area is 120 Å². The van der Waals surface area contributed by atoms with Gasteiger partial charge < -0.3 is 15.3 Å². The van der Waals surface area contributed by atoms with E-state index in [9.17, 15) is 9.59 Å². The molecule has 1 heterocycles. The topological polar surface area (TPSA) is 69.6 Å². The molecule has 1 saturated carbocycles. The number of likely N-dealkylation sites (tertiary alicyclic amines) is 1. The molecule has 0 aromatic rings. The van der Waals surface area contributed by atoms with Crippen molar-refractivity contribution >= 4 is 11.8 Å². The van der Waals surface area contributed by atoms with Gasteiger partial charge in [-0.05, 0) is 44.9 Å². The maximum absolute atomic E-state index is 12.1. The fourth-order valence-electron chi connectivity index (χ4n) is 2.75. The molecule has 0 aromatic carbocycles. The third-order valence-electron chi connectivity index (χ3n) is 4.16. The van der Waals surface area contributed by atoms with Gasteiger partial charge in [0, 0.05) is 32.2 Å². The van der Waals surface area contributed by atoms with Crippen molar-refractivity contribution in [1.82, 2.24) is 10.2 Å². The summed E-state index contributed by atoms with van der Waals surface area (Å²) in [6, 6.07) is 0. The molecular formula is C15H26N2O3. The average molecular weight is 282 g/mol. The smallest absolute Gasteiger partial charge is 0.225 e. The molecule has 2 N–H and O–H groups in total. The fourth-order valence-corrected chi connectivity index (χ4v) is 2.75. The molecule has 2 amide bonds. The highest BCUT2D eigenvalue weighted by Gasteiger charge is 2.36. The van der Waals surface area contributed by atoms with Crippen molar-refractivity contribution in [2.75, 3.05) is 26.2 Å². The van der Waals surface area contributed by atoms with Crippen LogP contribution in [0.5, 0.6) is 0 Å². The van der Waals surface area contributed by atoms with Gasteiger partial charge in [-0.1, -0.05) is 0 Å². The van der Waals surface area contributed by atoms with Crippen LogP contribution in [0.15, 0.2) is 0 Å². The first-order valence-electron chi connectivity index (χ1n) is 7.89. The molecule has 2 rings (SSSR count). The third kappa shape index (κ3) is 4.47. The second kappa shape index (κ2) is 7.62. The lowest BCUT2D eigenvalue weighted by atomic mass is 9.96. The van der Waals surface area contributed by atoms with Gasteiger partial charge in [0.1, 0.15) is 0 Å². The molecule has 0 aromatic heterocycles. The normalized spacial score (nSPS) is 22.6. The molecule has 0 bridgehead atoms. The fraction of sp³-hybridized carbons (Fsp3) is 0.867. The van der Waals surface area contributed by atoms with Gasteiger partial charge in [0.25, 0.3) is 0 Å². The minimum absolute atomic E-state index is 0.0377. The zero-order chi connectivity index (χ0) is 14.4. The van der Waals surface area contributed by atoms with E-state index in [1.54, 1.807) is 0 Å². The van der Waals surface area contributed by atoms with Gasteiger partial charge in [0.2, 0.25) is 11.8 Å². The van der Waals surface area contributed by atoms with E-state index in [0.29, 0.717) is 13.1 Å². The maximum Gasteiger partial charge on any atom is 0.225 e. The number of aliphatic hydroxyl groups is 1. The largest absolute Gasteiger partial charge is 0.396 e. The first kappa shape index (κ1) is 15.3.